The average molecular weight is 503 g/mol. The Morgan fingerprint density at radius 3 is 2.27 bits per heavy atom. The number of ketones is 1. The van der Waals surface area contributed by atoms with Crippen molar-refractivity contribution in [3.8, 4) is 23.0 Å². The third-order valence-electron chi connectivity index (χ3n) is 6.55. The lowest BCUT2D eigenvalue weighted by atomic mass is 9.81. The van der Waals surface area contributed by atoms with Gasteiger partial charge in [-0.2, -0.15) is 0 Å². The highest BCUT2D eigenvalue weighted by Crippen LogP contribution is 2.32. The van der Waals surface area contributed by atoms with Crippen molar-refractivity contribution in [3.63, 3.8) is 0 Å². The van der Waals surface area contributed by atoms with E-state index >= 15 is 0 Å². The van der Waals surface area contributed by atoms with Gasteiger partial charge in [-0.1, -0.05) is 30.3 Å². The minimum atomic E-state index is -0.637. The fourth-order valence-electron chi connectivity index (χ4n) is 4.55. The van der Waals surface area contributed by atoms with Crippen LogP contribution in [0.4, 0.5) is 4.79 Å². The Kier molecular flexibility index (Phi) is 8.08. The second-order valence-corrected chi connectivity index (χ2v) is 8.92. The molecule has 0 bridgehead atoms. The molecule has 2 atom stereocenters. The molecule has 192 valence electrons. The van der Waals surface area contributed by atoms with Crippen LogP contribution >= 0.6 is 0 Å². The summed E-state index contributed by atoms with van der Waals surface area (Å²) in [6.45, 7) is 0. The van der Waals surface area contributed by atoms with Gasteiger partial charge >= 0.3 is 6.03 Å². The molecule has 3 N–H and O–H groups in total. The molecule has 0 aromatic heterocycles. The van der Waals surface area contributed by atoms with Gasteiger partial charge in [0.1, 0.15) is 17.3 Å². The van der Waals surface area contributed by atoms with Crippen molar-refractivity contribution in [1.29, 1.82) is 0 Å². The number of aliphatic imine (C=N–C) groups is 1. The number of phenolic OH excluding ortho intramolecular Hbond substituents is 2. The molecule has 37 heavy (non-hydrogen) atoms. The van der Waals surface area contributed by atoms with Gasteiger partial charge in [0, 0.05) is 12.1 Å². The van der Waals surface area contributed by atoms with Crippen molar-refractivity contribution in [2.24, 2.45) is 10.9 Å². The normalized spacial score (nSPS) is 17.0. The average Bonchev–Trinajstić information content (AvgIpc) is 2.91. The first-order chi connectivity index (χ1) is 17.9. The van der Waals surface area contributed by atoms with Crippen molar-refractivity contribution >= 4 is 17.5 Å². The minimum Gasteiger partial charge on any atom is -0.508 e. The van der Waals surface area contributed by atoms with Gasteiger partial charge in [0.05, 0.1) is 26.2 Å². The number of rotatable bonds is 10. The van der Waals surface area contributed by atoms with E-state index in [0.29, 0.717) is 36.5 Å². The number of urea groups is 1. The van der Waals surface area contributed by atoms with Crippen molar-refractivity contribution in [2.75, 3.05) is 14.2 Å². The molecule has 0 fully saturated rings. The molecule has 3 aromatic rings. The summed E-state index contributed by atoms with van der Waals surface area (Å²) < 4.78 is 10.4. The standard InChI is InChI=1S/C29H30N2O6/c1-36-22-12-8-20(9-13-22)28-27(25(34)16-7-19-6-15-24(33)26(17-19)37-2)23(30-29(35)31-28)14-5-18-3-10-21(32)11-4-18/h3-4,6,8-13,15,17,27-28,32-33H,5,7,14,16H2,1-2H3,(H,31,35). The number of nitrogens with one attached hydrogen (secondary N) is 1. The van der Waals surface area contributed by atoms with Crippen LogP contribution in [0.15, 0.2) is 71.7 Å². The molecule has 1 heterocycles. The summed E-state index contributed by atoms with van der Waals surface area (Å²) >= 11 is 0. The van der Waals surface area contributed by atoms with E-state index in [1.165, 1.54) is 7.11 Å². The van der Waals surface area contributed by atoms with Crippen molar-refractivity contribution in [1.82, 2.24) is 5.32 Å². The summed E-state index contributed by atoms with van der Waals surface area (Å²) in [7, 11) is 3.06. The Morgan fingerprint density at radius 1 is 0.892 bits per heavy atom. The number of carbonyl (C=O) groups is 2. The summed E-state index contributed by atoms with van der Waals surface area (Å²) in [5.41, 5.74) is 3.14. The lowest BCUT2D eigenvalue weighted by Crippen LogP contribution is -2.44. The Morgan fingerprint density at radius 2 is 1.59 bits per heavy atom. The van der Waals surface area contributed by atoms with Crippen LogP contribution in [0.2, 0.25) is 0 Å². The monoisotopic (exact) mass is 502 g/mol. The number of hydrogen-bond donors (Lipinski definition) is 3. The van der Waals surface area contributed by atoms with Crippen molar-refractivity contribution in [2.45, 2.75) is 31.7 Å². The number of carbonyl (C=O) groups excluding carboxylic acids is 2. The molecule has 8 nitrogen and oxygen atoms in total. The summed E-state index contributed by atoms with van der Waals surface area (Å²) in [5.74, 6) is 0.561. The Labute approximate surface area is 215 Å². The van der Waals surface area contributed by atoms with Crippen LogP contribution in [0.3, 0.4) is 0 Å². The lowest BCUT2D eigenvalue weighted by molar-refractivity contribution is -0.121. The number of aryl methyl sites for hydroxylation is 2. The zero-order chi connectivity index (χ0) is 26.4. The summed E-state index contributed by atoms with van der Waals surface area (Å²) in [5, 5.41) is 22.3. The zero-order valence-corrected chi connectivity index (χ0v) is 20.8. The molecule has 0 aliphatic carbocycles. The second kappa shape index (κ2) is 11.6. The number of methoxy groups -OCH3 is 2. The number of phenols is 2. The number of Topliss-reactive ketones (excluding diaryl/α,β-unsaturated/α-hetero) is 1. The van der Waals surface area contributed by atoms with Crippen molar-refractivity contribution < 1.29 is 29.3 Å². The van der Waals surface area contributed by atoms with Gasteiger partial charge in [0.2, 0.25) is 0 Å². The summed E-state index contributed by atoms with van der Waals surface area (Å²) in [4.78, 5) is 30.5. The van der Waals surface area contributed by atoms with Gasteiger partial charge in [0.15, 0.2) is 11.5 Å². The number of hydrogen-bond acceptors (Lipinski definition) is 6. The SMILES string of the molecule is COc1ccc(C2NC(=O)N=C(CCc3ccc(O)cc3)C2C(=O)CCc2ccc(O)c(OC)c2)cc1. The summed E-state index contributed by atoms with van der Waals surface area (Å²) in [6.07, 6.45) is 1.66. The van der Waals surface area contributed by atoms with E-state index in [1.54, 1.807) is 49.6 Å². The fraction of sp³-hybridized carbons (Fsp3) is 0.276. The Balaban J connectivity index is 1.59. The quantitative estimate of drug-likeness (QED) is 0.368. The van der Waals surface area contributed by atoms with Crippen LogP contribution in [0, 0.1) is 5.92 Å². The molecular weight excluding hydrogens is 472 g/mol. The molecule has 1 aliphatic rings. The first-order valence-electron chi connectivity index (χ1n) is 12.1. The molecule has 8 heteroatoms. The molecule has 3 aromatic carbocycles. The molecule has 2 unspecified atom stereocenters. The van der Waals surface area contributed by atoms with Gasteiger partial charge in [-0.3, -0.25) is 4.79 Å². The summed E-state index contributed by atoms with van der Waals surface area (Å²) in [6, 6.07) is 18.1. The van der Waals surface area contributed by atoms with Crippen LogP contribution in [0.1, 0.15) is 35.6 Å². The maximum atomic E-state index is 13.7. The van der Waals surface area contributed by atoms with E-state index in [9.17, 15) is 19.8 Å². The molecule has 4 rings (SSSR count). The topological polar surface area (TPSA) is 117 Å². The van der Waals surface area contributed by atoms with E-state index in [4.69, 9.17) is 9.47 Å². The van der Waals surface area contributed by atoms with Crippen LogP contribution in [-0.4, -0.2) is 42.0 Å². The third kappa shape index (κ3) is 6.27. The third-order valence-corrected chi connectivity index (χ3v) is 6.55. The van der Waals surface area contributed by atoms with E-state index in [2.05, 4.69) is 10.3 Å². The smallest absolute Gasteiger partial charge is 0.341 e. The predicted octanol–water partition coefficient (Wildman–Crippen LogP) is 4.77. The zero-order valence-electron chi connectivity index (χ0n) is 20.8. The van der Waals surface area contributed by atoms with Crippen LogP contribution in [0.25, 0.3) is 0 Å². The molecule has 0 saturated carbocycles. The van der Waals surface area contributed by atoms with E-state index < -0.39 is 18.0 Å². The molecule has 2 amide bonds. The maximum Gasteiger partial charge on any atom is 0.341 e. The number of nitrogens with zero attached hydrogens (tertiary/aromatic N) is 1. The fourth-order valence-corrected chi connectivity index (χ4v) is 4.55. The van der Waals surface area contributed by atoms with Gasteiger partial charge in [-0.05, 0) is 72.4 Å². The van der Waals surface area contributed by atoms with E-state index in [-0.39, 0.29) is 23.7 Å². The highest BCUT2D eigenvalue weighted by Gasteiger charge is 2.37. The number of aromatic hydroxyl groups is 2. The molecule has 0 saturated heterocycles. The Bertz CT molecular complexity index is 1280. The van der Waals surface area contributed by atoms with Crippen LogP contribution in [-0.2, 0) is 17.6 Å². The number of amides is 2. The predicted molar refractivity (Wildman–Crippen MR) is 140 cm³/mol. The van der Waals surface area contributed by atoms with Crippen molar-refractivity contribution in [3.05, 3.63) is 83.4 Å². The second-order valence-electron chi connectivity index (χ2n) is 8.92. The first-order valence-corrected chi connectivity index (χ1v) is 12.1. The van der Waals surface area contributed by atoms with Crippen LogP contribution < -0.4 is 14.8 Å². The molecular formula is C29H30N2O6. The highest BCUT2D eigenvalue weighted by atomic mass is 16.5. The largest absolute Gasteiger partial charge is 0.508 e. The number of ether oxygens (including phenoxy) is 2. The van der Waals surface area contributed by atoms with Gasteiger partial charge in [0.25, 0.3) is 0 Å². The maximum absolute atomic E-state index is 13.7. The van der Waals surface area contributed by atoms with E-state index in [0.717, 1.165) is 16.7 Å². The van der Waals surface area contributed by atoms with E-state index in [1.807, 2.05) is 24.3 Å². The van der Waals surface area contributed by atoms with Crippen LogP contribution in [0.5, 0.6) is 23.0 Å². The molecule has 0 spiro atoms. The van der Waals surface area contributed by atoms with Gasteiger partial charge < -0.3 is 25.0 Å². The lowest BCUT2D eigenvalue weighted by Gasteiger charge is -2.32. The minimum absolute atomic E-state index is 0.0378. The number of benzene rings is 3. The Hall–Kier alpha value is -4.33. The molecule has 1 aliphatic heterocycles. The first kappa shape index (κ1) is 25.8. The van der Waals surface area contributed by atoms with Gasteiger partial charge in [-0.25, -0.2) is 9.79 Å². The highest BCUT2D eigenvalue weighted by molar-refractivity contribution is 6.11. The van der Waals surface area contributed by atoms with Gasteiger partial charge in [-0.15, -0.1) is 0 Å². The molecule has 0 radical (unpaired) electrons.